The van der Waals surface area contributed by atoms with Crippen LogP contribution in [0.1, 0.15) is 46.7 Å². The second kappa shape index (κ2) is 7.38. The summed E-state index contributed by atoms with van der Waals surface area (Å²) < 4.78 is 2.12. The van der Waals surface area contributed by atoms with Crippen LogP contribution in [0.4, 0.5) is 5.69 Å². The molecule has 1 aliphatic rings. The van der Waals surface area contributed by atoms with Crippen molar-refractivity contribution in [3.8, 4) is 0 Å². The number of imidazole rings is 1. The van der Waals surface area contributed by atoms with E-state index in [9.17, 15) is 14.9 Å². The summed E-state index contributed by atoms with van der Waals surface area (Å²) in [6, 6.07) is 8.13. The molecule has 144 valence electrons. The standard InChI is InChI=1S/C20H21N5O3/c1-13-11-15(18-19(22-13)24-10-6-2-3-9-17(24)23-18)20(26)21-12-14-7-4-5-8-16(14)25(27)28/h4-5,7-8,11H,2-3,6,9-10,12H2,1H3,(H,21,26). The summed E-state index contributed by atoms with van der Waals surface area (Å²) in [5.41, 5.74) is 3.00. The zero-order valence-corrected chi connectivity index (χ0v) is 15.6. The number of pyridine rings is 1. The molecule has 1 aromatic carbocycles. The smallest absolute Gasteiger partial charge is 0.274 e. The first kappa shape index (κ1) is 18.1. The summed E-state index contributed by atoms with van der Waals surface area (Å²) in [6.07, 6.45) is 4.21. The van der Waals surface area contributed by atoms with E-state index < -0.39 is 4.92 Å². The first-order chi connectivity index (χ1) is 13.5. The SMILES string of the molecule is Cc1cc(C(=O)NCc2ccccc2[N+](=O)[O-])c2nc3n(c2n1)CCCCC3. The van der Waals surface area contributed by atoms with Gasteiger partial charge < -0.3 is 9.88 Å². The van der Waals surface area contributed by atoms with Crippen LogP contribution in [0.5, 0.6) is 0 Å². The number of amides is 1. The molecule has 0 aliphatic carbocycles. The molecule has 8 heteroatoms. The molecule has 1 amide bonds. The number of aryl methyl sites for hydroxylation is 3. The Bertz CT molecular complexity index is 1070. The molecule has 3 heterocycles. The van der Waals surface area contributed by atoms with E-state index in [0.717, 1.165) is 43.0 Å². The highest BCUT2D eigenvalue weighted by Gasteiger charge is 2.21. The van der Waals surface area contributed by atoms with Crippen LogP contribution in [0.15, 0.2) is 30.3 Å². The number of para-hydroxylation sites is 1. The van der Waals surface area contributed by atoms with Gasteiger partial charge in [-0.2, -0.15) is 0 Å². The number of hydrogen-bond donors (Lipinski definition) is 1. The van der Waals surface area contributed by atoms with Gasteiger partial charge in [0.1, 0.15) is 11.3 Å². The van der Waals surface area contributed by atoms with E-state index >= 15 is 0 Å². The number of rotatable bonds is 4. The average molecular weight is 379 g/mol. The van der Waals surface area contributed by atoms with Gasteiger partial charge in [-0.15, -0.1) is 0 Å². The number of carbonyl (C=O) groups is 1. The number of carbonyl (C=O) groups excluding carboxylic acids is 1. The van der Waals surface area contributed by atoms with Gasteiger partial charge in [-0.3, -0.25) is 14.9 Å². The lowest BCUT2D eigenvalue weighted by Gasteiger charge is -2.08. The Morgan fingerprint density at radius 3 is 2.89 bits per heavy atom. The molecule has 1 N–H and O–H groups in total. The van der Waals surface area contributed by atoms with E-state index in [1.807, 2.05) is 6.92 Å². The van der Waals surface area contributed by atoms with E-state index in [4.69, 9.17) is 4.98 Å². The molecule has 8 nitrogen and oxygen atoms in total. The Morgan fingerprint density at radius 2 is 2.07 bits per heavy atom. The van der Waals surface area contributed by atoms with Gasteiger partial charge in [0.25, 0.3) is 11.6 Å². The highest BCUT2D eigenvalue weighted by molar-refractivity contribution is 6.04. The van der Waals surface area contributed by atoms with Gasteiger partial charge in [0.15, 0.2) is 5.65 Å². The molecule has 0 atom stereocenters. The molecule has 28 heavy (non-hydrogen) atoms. The molecule has 0 saturated heterocycles. The quantitative estimate of drug-likeness (QED) is 0.553. The molecule has 0 radical (unpaired) electrons. The van der Waals surface area contributed by atoms with Gasteiger partial charge in [0.05, 0.1) is 10.5 Å². The normalized spacial score (nSPS) is 13.8. The van der Waals surface area contributed by atoms with Crippen LogP contribution in [0, 0.1) is 17.0 Å². The summed E-state index contributed by atoms with van der Waals surface area (Å²) in [6.45, 7) is 2.79. The average Bonchev–Trinajstić information content (AvgIpc) is 2.86. The van der Waals surface area contributed by atoms with Gasteiger partial charge in [-0.25, -0.2) is 9.97 Å². The predicted molar refractivity (Wildman–Crippen MR) is 104 cm³/mol. The molecule has 1 aliphatic heterocycles. The molecule has 4 rings (SSSR count). The fraction of sp³-hybridized carbons (Fsp3) is 0.350. The molecule has 3 aromatic rings. The lowest BCUT2D eigenvalue weighted by molar-refractivity contribution is -0.385. The third-order valence-electron chi connectivity index (χ3n) is 5.06. The molecule has 2 aromatic heterocycles. The summed E-state index contributed by atoms with van der Waals surface area (Å²) in [4.78, 5) is 32.9. The summed E-state index contributed by atoms with van der Waals surface area (Å²) in [7, 11) is 0. The monoisotopic (exact) mass is 379 g/mol. The second-order valence-electron chi connectivity index (χ2n) is 7.04. The lowest BCUT2D eigenvalue weighted by Crippen LogP contribution is -2.24. The molecule has 0 unspecified atom stereocenters. The van der Waals surface area contributed by atoms with Crippen LogP contribution in [0.3, 0.4) is 0 Å². The zero-order valence-electron chi connectivity index (χ0n) is 15.6. The predicted octanol–water partition coefficient (Wildman–Crippen LogP) is 3.30. The van der Waals surface area contributed by atoms with Crippen LogP contribution in [-0.4, -0.2) is 25.4 Å². The van der Waals surface area contributed by atoms with Crippen molar-refractivity contribution in [2.45, 2.75) is 45.7 Å². The number of hydrogen-bond acceptors (Lipinski definition) is 5. The number of aromatic nitrogens is 3. The Kier molecular flexibility index (Phi) is 4.77. The Balaban J connectivity index is 1.66. The summed E-state index contributed by atoms with van der Waals surface area (Å²) in [5, 5.41) is 14.0. The number of nitro groups is 1. The number of nitrogens with zero attached hydrogens (tertiary/aromatic N) is 4. The Hall–Kier alpha value is -3.29. The second-order valence-corrected chi connectivity index (χ2v) is 7.04. The highest BCUT2D eigenvalue weighted by atomic mass is 16.6. The summed E-state index contributed by atoms with van der Waals surface area (Å²) in [5.74, 6) is 0.667. The van der Waals surface area contributed by atoms with Crippen molar-refractivity contribution >= 4 is 22.8 Å². The van der Waals surface area contributed by atoms with E-state index in [0.29, 0.717) is 16.6 Å². The van der Waals surface area contributed by atoms with E-state index in [1.54, 1.807) is 24.3 Å². The van der Waals surface area contributed by atoms with Crippen molar-refractivity contribution < 1.29 is 9.72 Å². The minimum Gasteiger partial charge on any atom is -0.348 e. The van der Waals surface area contributed by atoms with Gasteiger partial charge in [-0.05, 0) is 25.8 Å². The molecule has 0 saturated carbocycles. The first-order valence-corrected chi connectivity index (χ1v) is 9.42. The van der Waals surface area contributed by atoms with Crippen LogP contribution in [0.2, 0.25) is 0 Å². The fourth-order valence-electron chi connectivity index (χ4n) is 3.70. The van der Waals surface area contributed by atoms with Crippen molar-refractivity contribution in [3.05, 3.63) is 63.1 Å². The van der Waals surface area contributed by atoms with E-state index in [-0.39, 0.29) is 18.1 Å². The molecule has 0 fully saturated rings. The van der Waals surface area contributed by atoms with E-state index in [2.05, 4.69) is 14.9 Å². The van der Waals surface area contributed by atoms with Crippen molar-refractivity contribution in [1.82, 2.24) is 19.9 Å². The Morgan fingerprint density at radius 1 is 1.25 bits per heavy atom. The van der Waals surface area contributed by atoms with Gasteiger partial charge in [0.2, 0.25) is 0 Å². The van der Waals surface area contributed by atoms with Crippen molar-refractivity contribution in [3.63, 3.8) is 0 Å². The number of benzene rings is 1. The topological polar surface area (TPSA) is 103 Å². The fourth-order valence-corrected chi connectivity index (χ4v) is 3.70. The van der Waals surface area contributed by atoms with Crippen molar-refractivity contribution in [2.75, 3.05) is 0 Å². The van der Waals surface area contributed by atoms with Gasteiger partial charge in [0, 0.05) is 36.8 Å². The molecule has 0 spiro atoms. The maximum atomic E-state index is 12.9. The van der Waals surface area contributed by atoms with Gasteiger partial charge in [-0.1, -0.05) is 24.6 Å². The maximum Gasteiger partial charge on any atom is 0.274 e. The minimum absolute atomic E-state index is 0.00689. The highest BCUT2D eigenvalue weighted by Crippen LogP contribution is 2.24. The number of fused-ring (bicyclic) bond motifs is 3. The lowest BCUT2D eigenvalue weighted by atomic mass is 10.1. The summed E-state index contributed by atoms with van der Waals surface area (Å²) >= 11 is 0. The minimum atomic E-state index is -0.442. The largest absolute Gasteiger partial charge is 0.348 e. The van der Waals surface area contributed by atoms with Gasteiger partial charge >= 0.3 is 0 Å². The molecular formula is C20H21N5O3. The van der Waals surface area contributed by atoms with Crippen LogP contribution in [-0.2, 0) is 19.5 Å². The first-order valence-electron chi connectivity index (χ1n) is 9.42. The number of nitro benzene ring substituents is 1. The zero-order chi connectivity index (χ0) is 19.7. The Labute approximate surface area is 161 Å². The maximum absolute atomic E-state index is 12.9. The van der Waals surface area contributed by atoms with Crippen LogP contribution in [0.25, 0.3) is 11.2 Å². The van der Waals surface area contributed by atoms with Crippen molar-refractivity contribution in [2.24, 2.45) is 0 Å². The third-order valence-corrected chi connectivity index (χ3v) is 5.06. The van der Waals surface area contributed by atoms with Crippen LogP contribution < -0.4 is 5.32 Å². The van der Waals surface area contributed by atoms with Crippen molar-refractivity contribution in [1.29, 1.82) is 0 Å². The molecule has 0 bridgehead atoms. The number of nitrogens with one attached hydrogen (secondary N) is 1. The van der Waals surface area contributed by atoms with Crippen LogP contribution >= 0.6 is 0 Å². The third kappa shape index (κ3) is 3.33. The van der Waals surface area contributed by atoms with E-state index in [1.165, 1.54) is 12.5 Å². The molecular weight excluding hydrogens is 358 g/mol.